The van der Waals surface area contributed by atoms with Gasteiger partial charge in [-0.1, -0.05) is 27.2 Å². The molecule has 96 valence electrons. The van der Waals surface area contributed by atoms with E-state index in [1.165, 1.54) is 6.42 Å². The Morgan fingerprint density at radius 1 is 1.19 bits per heavy atom. The van der Waals surface area contributed by atoms with Crippen molar-refractivity contribution in [2.75, 3.05) is 46.1 Å². The zero-order valence-corrected chi connectivity index (χ0v) is 11.1. The van der Waals surface area contributed by atoms with Gasteiger partial charge in [0.1, 0.15) is 0 Å². The fourth-order valence-electron chi connectivity index (χ4n) is 1.65. The molecule has 0 aromatic carbocycles. The first-order valence-electron chi connectivity index (χ1n) is 6.52. The van der Waals surface area contributed by atoms with Crippen LogP contribution in [0.1, 0.15) is 33.6 Å². The van der Waals surface area contributed by atoms with E-state index in [0.717, 1.165) is 52.5 Å². The second-order valence-electron chi connectivity index (χ2n) is 5.33. The molecule has 1 rings (SSSR count). The summed E-state index contributed by atoms with van der Waals surface area (Å²) in [6.45, 7) is 13.5. The van der Waals surface area contributed by atoms with Gasteiger partial charge in [-0.3, -0.25) is 4.90 Å². The number of ether oxygens (including phenoxy) is 2. The van der Waals surface area contributed by atoms with Crippen LogP contribution in [0.25, 0.3) is 0 Å². The molecule has 0 aliphatic carbocycles. The molecule has 0 amide bonds. The molecule has 0 unspecified atom stereocenters. The van der Waals surface area contributed by atoms with E-state index in [1.54, 1.807) is 0 Å². The normalized spacial score (nSPS) is 18.9. The van der Waals surface area contributed by atoms with Crippen LogP contribution in [0, 0.1) is 5.41 Å². The predicted molar refractivity (Wildman–Crippen MR) is 66.8 cm³/mol. The molecule has 0 spiro atoms. The van der Waals surface area contributed by atoms with Crippen molar-refractivity contribution in [3.8, 4) is 0 Å². The van der Waals surface area contributed by atoms with Crippen LogP contribution in [-0.2, 0) is 9.47 Å². The molecular formula is C13H27NO2. The summed E-state index contributed by atoms with van der Waals surface area (Å²) in [5.41, 5.74) is 0.430. The largest absolute Gasteiger partial charge is 0.380 e. The number of hydrogen-bond donors (Lipinski definition) is 0. The first kappa shape index (κ1) is 13.9. The van der Waals surface area contributed by atoms with E-state index in [0.29, 0.717) is 5.41 Å². The van der Waals surface area contributed by atoms with Crippen LogP contribution in [0.2, 0.25) is 0 Å². The summed E-state index contributed by atoms with van der Waals surface area (Å²) in [5, 5.41) is 0. The molecule has 3 nitrogen and oxygen atoms in total. The minimum atomic E-state index is 0.430. The molecule has 0 saturated carbocycles. The molecule has 0 aromatic heterocycles. The van der Waals surface area contributed by atoms with Crippen LogP contribution in [-0.4, -0.2) is 51.0 Å². The van der Waals surface area contributed by atoms with Gasteiger partial charge in [-0.25, -0.2) is 0 Å². The molecule has 1 aliphatic rings. The molecule has 1 saturated heterocycles. The smallest absolute Gasteiger partial charge is 0.0594 e. The molecule has 1 fully saturated rings. The molecular weight excluding hydrogens is 202 g/mol. The SMILES string of the molecule is CCC(C)(C)CCOCCN1CCOCC1. The van der Waals surface area contributed by atoms with Gasteiger partial charge in [0.25, 0.3) is 0 Å². The van der Waals surface area contributed by atoms with E-state index >= 15 is 0 Å². The van der Waals surface area contributed by atoms with Crippen LogP contribution in [0.15, 0.2) is 0 Å². The second-order valence-corrected chi connectivity index (χ2v) is 5.33. The lowest BCUT2D eigenvalue weighted by atomic mass is 9.87. The Morgan fingerprint density at radius 3 is 2.50 bits per heavy atom. The van der Waals surface area contributed by atoms with Crippen molar-refractivity contribution in [1.82, 2.24) is 4.90 Å². The van der Waals surface area contributed by atoms with Crippen molar-refractivity contribution < 1.29 is 9.47 Å². The summed E-state index contributed by atoms with van der Waals surface area (Å²) in [7, 11) is 0. The van der Waals surface area contributed by atoms with Gasteiger partial charge >= 0.3 is 0 Å². The number of nitrogens with zero attached hydrogens (tertiary/aromatic N) is 1. The number of rotatable bonds is 7. The van der Waals surface area contributed by atoms with Gasteiger partial charge in [0.2, 0.25) is 0 Å². The predicted octanol–water partition coefficient (Wildman–Crippen LogP) is 2.16. The van der Waals surface area contributed by atoms with Crippen molar-refractivity contribution in [2.24, 2.45) is 5.41 Å². The first-order valence-corrected chi connectivity index (χ1v) is 6.52. The standard InChI is InChI=1S/C13H27NO2/c1-4-13(2,3)5-9-15-10-6-14-7-11-16-12-8-14/h4-12H2,1-3H3. The lowest BCUT2D eigenvalue weighted by molar-refractivity contribution is 0.0172. The van der Waals surface area contributed by atoms with Crippen LogP contribution < -0.4 is 0 Å². The van der Waals surface area contributed by atoms with Crippen molar-refractivity contribution in [3.05, 3.63) is 0 Å². The van der Waals surface area contributed by atoms with E-state index in [2.05, 4.69) is 25.7 Å². The lowest BCUT2D eigenvalue weighted by Gasteiger charge is -2.27. The third kappa shape index (κ3) is 5.83. The highest BCUT2D eigenvalue weighted by Gasteiger charge is 2.14. The number of hydrogen-bond acceptors (Lipinski definition) is 3. The Morgan fingerprint density at radius 2 is 1.88 bits per heavy atom. The molecule has 0 bridgehead atoms. The fraction of sp³-hybridized carbons (Fsp3) is 1.00. The summed E-state index contributed by atoms with van der Waals surface area (Å²) >= 11 is 0. The van der Waals surface area contributed by atoms with Gasteiger partial charge in [0.15, 0.2) is 0 Å². The Balaban J connectivity index is 1.95. The van der Waals surface area contributed by atoms with E-state index in [-0.39, 0.29) is 0 Å². The van der Waals surface area contributed by atoms with Gasteiger partial charge in [-0.2, -0.15) is 0 Å². The molecule has 0 aromatic rings. The van der Waals surface area contributed by atoms with E-state index in [4.69, 9.17) is 9.47 Å². The van der Waals surface area contributed by atoms with Gasteiger partial charge in [0.05, 0.1) is 19.8 Å². The molecule has 0 atom stereocenters. The highest BCUT2D eigenvalue weighted by Crippen LogP contribution is 2.23. The topological polar surface area (TPSA) is 21.7 Å². The summed E-state index contributed by atoms with van der Waals surface area (Å²) in [6, 6.07) is 0. The van der Waals surface area contributed by atoms with Crippen LogP contribution in [0.4, 0.5) is 0 Å². The van der Waals surface area contributed by atoms with E-state index in [1.807, 2.05) is 0 Å². The third-order valence-corrected chi connectivity index (χ3v) is 3.54. The average Bonchev–Trinajstić information content (AvgIpc) is 2.30. The second kappa shape index (κ2) is 7.25. The Labute approximate surface area is 100 Å². The number of morpholine rings is 1. The minimum absolute atomic E-state index is 0.430. The van der Waals surface area contributed by atoms with E-state index < -0.39 is 0 Å². The van der Waals surface area contributed by atoms with Gasteiger partial charge in [0, 0.05) is 26.2 Å². The maximum Gasteiger partial charge on any atom is 0.0594 e. The molecule has 3 heteroatoms. The Kier molecular flexibility index (Phi) is 6.32. The van der Waals surface area contributed by atoms with Crippen LogP contribution in [0.5, 0.6) is 0 Å². The highest BCUT2D eigenvalue weighted by atomic mass is 16.5. The Hall–Kier alpha value is -0.120. The zero-order valence-electron chi connectivity index (χ0n) is 11.1. The lowest BCUT2D eigenvalue weighted by Crippen LogP contribution is -2.38. The summed E-state index contributed by atoms with van der Waals surface area (Å²) < 4.78 is 11.0. The average molecular weight is 229 g/mol. The maximum atomic E-state index is 5.69. The maximum absolute atomic E-state index is 5.69. The van der Waals surface area contributed by atoms with Crippen molar-refractivity contribution in [2.45, 2.75) is 33.6 Å². The van der Waals surface area contributed by atoms with Crippen LogP contribution in [0.3, 0.4) is 0 Å². The quantitative estimate of drug-likeness (QED) is 0.624. The molecule has 0 N–H and O–H groups in total. The fourth-order valence-corrected chi connectivity index (χ4v) is 1.65. The third-order valence-electron chi connectivity index (χ3n) is 3.54. The zero-order chi connectivity index (χ0) is 11.9. The van der Waals surface area contributed by atoms with Crippen molar-refractivity contribution >= 4 is 0 Å². The molecule has 1 heterocycles. The van der Waals surface area contributed by atoms with E-state index in [9.17, 15) is 0 Å². The molecule has 16 heavy (non-hydrogen) atoms. The highest BCUT2D eigenvalue weighted by molar-refractivity contribution is 4.65. The Bertz CT molecular complexity index is 177. The van der Waals surface area contributed by atoms with Crippen molar-refractivity contribution in [1.29, 1.82) is 0 Å². The van der Waals surface area contributed by atoms with Gasteiger partial charge < -0.3 is 9.47 Å². The summed E-state index contributed by atoms with van der Waals surface area (Å²) in [5.74, 6) is 0. The minimum Gasteiger partial charge on any atom is -0.380 e. The molecule has 0 radical (unpaired) electrons. The molecule has 1 aliphatic heterocycles. The van der Waals surface area contributed by atoms with Gasteiger partial charge in [-0.15, -0.1) is 0 Å². The summed E-state index contributed by atoms with van der Waals surface area (Å²) in [6.07, 6.45) is 2.38. The monoisotopic (exact) mass is 229 g/mol. The van der Waals surface area contributed by atoms with Gasteiger partial charge in [-0.05, 0) is 11.8 Å². The summed E-state index contributed by atoms with van der Waals surface area (Å²) in [4.78, 5) is 2.41. The first-order chi connectivity index (χ1) is 7.64. The van der Waals surface area contributed by atoms with Crippen molar-refractivity contribution in [3.63, 3.8) is 0 Å². The van der Waals surface area contributed by atoms with Crippen LogP contribution >= 0.6 is 0 Å².